The van der Waals surface area contributed by atoms with Gasteiger partial charge in [-0.3, -0.25) is 14.3 Å². The van der Waals surface area contributed by atoms with Crippen molar-refractivity contribution in [2.75, 3.05) is 26.1 Å². The molecule has 0 aromatic heterocycles. The van der Waals surface area contributed by atoms with Crippen LogP contribution in [-0.4, -0.2) is 35.7 Å². The number of hydrogen-bond donors (Lipinski definition) is 2. The van der Waals surface area contributed by atoms with Crippen molar-refractivity contribution in [3.05, 3.63) is 74.7 Å². The quantitative estimate of drug-likeness (QED) is 0.231. The van der Waals surface area contributed by atoms with Gasteiger partial charge in [0.25, 0.3) is 10.0 Å². The maximum Gasteiger partial charge on any atom is 0.268 e. The number of aryl methyl sites for hydroxylation is 1. The van der Waals surface area contributed by atoms with Gasteiger partial charge in [0, 0.05) is 12.5 Å². The Bertz CT molecular complexity index is 1760. The number of sulfonamides is 1. The number of halogens is 5. The van der Waals surface area contributed by atoms with Crippen molar-refractivity contribution in [3.63, 3.8) is 0 Å². The SMILES string of the molecule is COc1c(NS(=O)(=O)c2c(F)c(F)c(F)c(F)c2F)cc2c(c1OC)-c1ccc(OC)c(=O)cc1[C@@H](NC(C)=O)CC2. The molecule has 0 unspecified atom stereocenters. The molecule has 224 valence electrons. The van der Waals surface area contributed by atoms with Crippen LogP contribution in [0.3, 0.4) is 0 Å². The molecule has 4 rings (SSSR count). The zero-order valence-electron chi connectivity index (χ0n) is 22.5. The minimum absolute atomic E-state index is 0.00988. The Kier molecular flexibility index (Phi) is 8.34. The minimum atomic E-state index is -5.44. The van der Waals surface area contributed by atoms with Crippen molar-refractivity contribution < 1.29 is 49.4 Å². The Hall–Kier alpha value is -4.40. The van der Waals surface area contributed by atoms with Gasteiger partial charge in [0.1, 0.15) is 0 Å². The molecule has 0 heterocycles. The summed E-state index contributed by atoms with van der Waals surface area (Å²) in [6, 6.07) is 4.76. The van der Waals surface area contributed by atoms with Gasteiger partial charge >= 0.3 is 0 Å². The fourth-order valence-electron chi connectivity index (χ4n) is 4.84. The first-order chi connectivity index (χ1) is 19.8. The Morgan fingerprint density at radius 2 is 1.48 bits per heavy atom. The summed E-state index contributed by atoms with van der Waals surface area (Å²) in [6.07, 6.45) is 0.340. The highest BCUT2D eigenvalue weighted by atomic mass is 32.2. The highest BCUT2D eigenvalue weighted by molar-refractivity contribution is 7.92. The third kappa shape index (κ3) is 5.19. The van der Waals surface area contributed by atoms with E-state index >= 15 is 0 Å². The number of methoxy groups -OCH3 is 3. The molecule has 1 atom stereocenters. The minimum Gasteiger partial charge on any atom is -0.493 e. The zero-order valence-corrected chi connectivity index (χ0v) is 23.3. The Morgan fingerprint density at radius 1 is 0.881 bits per heavy atom. The average Bonchev–Trinajstić information content (AvgIpc) is 3.17. The van der Waals surface area contributed by atoms with Crippen molar-refractivity contribution in [1.29, 1.82) is 0 Å². The van der Waals surface area contributed by atoms with E-state index < -0.39 is 67.1 Å². The van der Waals surface area contributed by atoms with Gasteiger partial charge in [0.2, 0.25) is 17.2 Å². The Labute approximate surface area is 236 Å². The summed E-state index contributed by atoms with van der Waals surface area (Å²) in [7, 11) is -1.79. The summed E-state index contributed by atoms with van der Waals surface area (Å²) in [5.41, 5.74) is 0.525. The van der Waals surface area contributed by atoms with E-state index in [-0.39, 0.29) is 30.1 Å². The van der Waals surface area contributed by atoms with Gasteiger partial charge < -0.3 is 19.5 Å². The Balaban J connectivity index is 2.00. The Morgan fingerprint density at radius 3 is 2.02 bits per heavy atom. The lowest BCUT2D eigenvalue weighted by atomic mass is 9.95. The number of rotatable bonds is 7. The van der Waals surface area contributed by atoms with E-state index in [1.807, 2.05) is 4.72 Å². The first-order valence-electron chi connectivity index (χ1n) is 12.1. The maximum absolute atomic E-state index is 14.4. The van der Waals surface area contributed by atoms with E-state index in [0.29, 0.717) is 22.3 Å². The summed E-state index contributed by atoms with van der Waals surface area (Å²) >= 11 is 0. The van der Waals surface area contributed by atoms with Crippen molar-refractivity contribution >= 4 is 21.6 Å². The van der Waals surface area contributed by atoms with E-state index in [1.165, 1.54) is 45.4 Å². The number of ether oxygens (including phenoxy) is 3. The van der Waals surface area contributed by atoms with Crippen LogP contribution in [-0.2, 0) is 21.2 Å². The molecule has 3 aromatic carbocycles. The number of nitrogens with one attached hydrogen (secondary N) is 2. The topological polar surface area (TPSA) is 120 Å². The van der Waals surface area contributed by atoms with E-state index in [2.05, 4.69) is 5.32 Å². The molecule has 1 aliphatic carbocycles. The third-order valence-corrected chi connectivity index (χ3v) is 7.98. The highest BCUT2D eigenvalue weighted by Gasteiger charge is 2.36. The number of carbonyl (C=O) groups is 1. The molecule has 0 aliphatic heterocycles. The van der Waals surface area contributed by atoms with Gasteiger partial charge in [-0.15, -0.1) is 0 Å². The molecule has 1 amide bonds. The molecule has 0 saturated heterocycles. The molecule has 0 saturated carbocycles. The van der Waals surface area contributed by atoms with E-state index in [9.17, 15) is 40.0 Å². The lowest BCUT2D eigenvalue weighted by molar-refractivity contribution is -0.119. The van der Waals surface area contributed by atoms with Gasteiger partial charge in [-0.05, 0) is 47.7 Å². The number of benzene rings is 2. The van der Waals surface area contributed by atoms with Gasteiger partial charge in [-0.2, -0.15) is 0 Å². The van der Waals surface area contributed by atoms with Gasteiger partial charge in [0.05, 0.1) is 33.1 Å². The van der Waals surface area contributed by atoms with Crippen LogP contribution in [0.4, 0.5) is 27.6 Å². The molecule has 3 aromatic rings. The molecule has 1 aliphatic rings. The smallest absolute Gasteiger partial charge is 0.268 e. The molecule has 42 heavy (non-hydrogen) atoms. The summed E-state index contributed by atoms with van der Waals surface area (Å²) in [6.45, 7) is 1.29. The number of carbonyl (C=O) groups excluding carboxylic acids is 1. The van der Waals surface area contributed by atoms with Gasteiger partial charge in [0.15, 0.2) is 45.4 Å². The highest BCUT2D eigenvalue weighted by Crippen LogP contribution is 2.50. The predicted octanol–water partition coefficient (Wildman–Crippen LogP) is 4.36. The lowest BCUT2D eigenvalue weighted by Crippen LogP contribution is -2.26. The first-order valence-corrected chi connectivity index (χ1v) is 13.6. The van der Waals surface area contributed by atoms with E-state index in [0.717, 1.165) is 7.11 Å². The molecular formula is C27H23F5N2O7S. The number of fused-ring (bicyclic) bond motifs is 3. The summed E-state index contributed by atoms with van der Waals surface area (Å²) < 4.78 is 114. The van der Waals surface area contributed by atoms with Crippen LogP contribution in [0.2, 0.25) is 0 Å². The second-order valence-electron chi connectivity index (χ2n) is 9.10. The molecule has 15 heteroatoms. The normalized spacial score (nSPS) is 14.3. The second-order valence-corrected chi connectivity index (χ2v) is 10.7. The summed E-state index contributed by atoms with van der Waals surface area (Å²) in [5.74, 6) is -13.3. The predicted molar refractivity (Wildman–Crippen MR) is 140 cm³/mol. The van der Waals surface area contributed by atoms with E-state index in [4.69, 9.17) is 14.2 Å². The van der Waals surface area contributed by atoms with Crippen molar-refractivity contribution in [1.82, 2.24) is 5.32 Å². The number of hydrogen-bond acceptors (Lipinski definition) is 7. The lowest BCUT2D eigenvalue weighted by Gasteiger charge is -2.21. The molecule has 2 N–H and O–H groups in total. The van der Waals surface area contributed by atoms with Crippen molar-refractivity contribution in [3.8, 4) is 28.4 Å². The van der Waals surface area contributed by atoms with Crippen molar-refractivity contribution in [2.24, 2.45) is 0 Å². The van der Waals surface area contributed by atoms with Crippen LogP contribution in [0, 0.1) is 29.1 Å². The molecule has 0 spiro atoms. The number of amides is 1. The molecule has 0 radical (unpaired) electrons. The molecule has 0 bridgehead atoms. The summed E-state index contributed by atoms with van der Waals surface area (Å²) in [5, 5.41) is 2.77. The van der Waals surface area contributed by atoms with Gasteiger partial charge in [-0.1, -0.05) is 6.07 Å². The van der Waals surface area contributed by atoms with Crippen LogP contribution in [0.15, 0.2) is 34.0 Å². The van der Waals surface area contributed by atoms with Crippen molar-refractivity contribution in [2.45, 2.75) is 30.7 Å². The first kappa shape index (κ1) is 30.6. The van der Waals surface area contributed by atoms with Crippen LogP contribution >= 0.6 is 0 Å². The summed E-state index contributed by atoms with van der Waals surface area (Å²) in [4.78, 5) is 22.7. The number of anilines is 1. The molecule has 9 nitrogen and oxygen atoms in total. The largest absolute Gasteiger partial charge is 0.493 e. The fraction of sp³-hybridized carbons (Fsp3) is 0.259. The fourth-order valence-corrected chi connectivity index (χ4v) is 6.03. The van der Waals surface area contributed by atoms with E-state index in [1.54, 1.807) is 0 Å². The second kappa shape index (κ2) is 11.5. The molecule has 0 fully saturated rings. The monoisotopic (exact) mass is 614 g/mol. The standard InChI is InChI=1S/C27H23F5N2O7S/c1-11(35)33-15-7-5-12-9-16(34-42(37,38)27-23(31)21(29)20(28)22(30)24(27)32)25(40-3)26(41-4)19(12)13-6-8-18(39-2)17(36)10-14(13)15/h6,8-10,15,34H,5,7H2,1-4H3,(H,33,35)/t15-/m0/s1. The van der Waals surface area contributed by atoms with Crippen LogP contribution in [0.5, 0.6) is 17.2 Å². The molecular weight excluding hydrogens is 591 g/mol. The van der Waals surface area contributed by atoms with Crippen LogP contribution < -0.4 is 29.7 Å². The average molecular weight is 615 g/mol. The van der Waals surface area contributed by atoms with Crippen LogP contribution in [0.25, 0.3) is 11.1 Å². The third-order valence-electron chi connectivity index (χ3n) is 6.59. The van der Waals surface area contributed by atoms with Gasteiger partial charge in [-0.25, -0.2) is 30.4 Å². The van der Waals surface area contributed by atoms with Crippen LogP contribution in [0.1, 0.15) is 30.5 Å². The maximum atomic E-state index is 14.4. The zero-order chi connectivity index (χ0) is 31.1.